The molecule has 6 nitrogen and oxygen atoms in total. The Morgan fingerprint density at radius 1 is 1.23 bits per heavy atom. The van der Waals surface area contributed by atoms with Gasteiger partial charge < -0.3 is 26.0 Å². The molecule has 0 amide bonds. The number of aliphatic imine (C=N–C) groups is 1. The van der Waals surface area contributed by atoms with Gasteiger partial charge in [0, 0.05) is 6.04 Å². The molecule has 5 N–H and O–H groups in total. The lowest BCUT2D eigenvalue weighted by Crippen LogP contribution is -2.41. The molecule has 146 valence electrons. The predicted octanol–water partition coefficient (Wildman–Crippen LogP) is 2.73. The van der Waals surface area contributed by atoms with E-state index >= 15 is 0 Å². The summed E-state index contributed by atoms with van der Waals surface area (Å²) in [6.45, 7) is 6.13. The molecule has 0 saturated heterocycles. The first-order chi connectivity index (χ1) is 12.3. The first-order valence-electron chi connectivity index (χ1n) is 9.50. The molecule has 1 aromatic rings. The molecule has 0 aliphatic heterocycles. The minimum atomic E-state index is -0.894. The number of aromatic hydroxyl groups is 1. The molecule has 1 aromatic carbocycles. The van der Waals surface area contributed by atoms with Crippen molar-refractivity contribution in [1.82, 2.24) is 5.32 Å². The molecule has 0 bridgehead atoms. The molecule has 1 saturated carbocycles. The van der Waals surface area contributed by atoms with Crippen LogP contribution in [-0.4, -0.2) is 46.6 Å². The van der Waals surface area contributed by atoms with E-state index in [1.165, 1.54) is 19.3 Å². The molecule has 6 heteroatoms. The maximum absolute atomic E-state index is 10.2. The van der Waals surface area contributed by atoms with E-state index in [0.29, 0.717) is 17.7 Å². The van der Waals surface area contributed by atoms with Crippen LogP contribution in [0.5, 0.6) is 5.75 Å². The maximum Gasteiger partial charge on any atom is 0.196 e. The predicted molar refractivity (Wildman–Crippen MR) is 106 cm³/mol. The van der Waals surface area contributed by atoms with Gasteiger partial charge in [-0.05, 0) is 36.0 Å². The minimum absolute atomic E-state index is 0.0364. The fourth-order valence-electron chi connectivity index (χ4n) is 3.05. The SMILES string of the molecule is CC(C)(C)c1ccc(O)c(NC(=NCC(O)CO)NC2CCCCC2)c1. The average molecular weight is 364 g/mol. The lowest BCUT2D eigenvalue weighted by Gasteiger charge is -2.26. The zero-order valence-electron chi connectivity index (χ0n) is 16.1. The molecule has 1 unspecified atom stereocenters. The van der Waals surface area contributed by atoms with Gasteiger partial charge in [0.2, 0.25) is 0 Å². The lowest BCUT2D eigenvalue weighted by molar-refractivity contribution is 0.102. The maximum atomic E-state index is 10.2. The number of anilines is 1. The highest BCUT2D eigenvalue weighted by atomic mass is 16.3. The van der Waals surface area contributed by atoms with E-state index in [9.17, 15) is 10.2 Å². The summed E-state index contributed by atoms with van der Waals surface area (Å²) in [5.41, 5.74) is 1.65. The van der Waals surface area contributed by atoms with Crippen molar-refractivity contribution in [3.05, 3.63) is 23.8 Å². The number of phenolic OH excluding ortho intramolecular Hbond substituents is 1. The van der Waals surface area contributed by atoms with Crippen molar-refractivity contribution in [2.45, 2.75) is 70.4 Å². The molecule has 0 aromatic heterocycles. The van der Waals surface area contributed by atoms with Crippen LogP contribution in [0.15, 0.2) is 23.2 Å². The number of guanidine groups is 1. The normalized spacial score (nSPS) is 17.8. The summed E-state index contributed by atoms with van der Waals surface area (Å²) in [6, 6.07) is 5.86. The Bertz CT molecular complexity index is 605. The second-order valence-electron chi connectivity index (χ2n) is 8.11. The van der Waals surface area contributed by atoms with Crippen molar-refractivity contribution in [3.63, 3.8) is 0 Å². The zero-order valence-corrected chi connectivity index (χ0v) is 16.1. The lowest BCUT2D eigenvalue weighted by atomic mass is 9.87. The highest BCUT2D eigenvalue weighted by Gasteiger charge is 2.18. The van der Waals surface area contributed by atoms with Crippen LogP contribution in [0, 0.1) is 0 Å². The Labute approximate surface area is 156 Å². The van der Waals surface area contributed by atoms with Gasteiger partial charge in [0.05, 0.1) is 24.9 Å². The van der Waals surface area contributed by atoms with E-state index < -0.39 is 6.10 Å². The van der Waals surface area contributed by atoms with Crippen LogP contribution in [0.1, 0.15) is 58.4 Å². The van der Waals surface area contributed by atoms with Gasteiger partial charge in [-0.25, -0.2) is 0 Å². The first kappa shape index (κ1) is 20.5. The summed E-state index contributed by atoms with van der Waals surface area (Å²) in [5, 5.41) is 35.5. The molecule has 1 atom stereocenters. The summed E-state index contributed by atoms with van der Waals surface area (Å²) in [6.07, 6.45) is 4.91. The Balaban J connectivity index is 2.19. The third kappa shape index (κ3) is 6.18. The molecule has 1 aliphatic carbocycles. The summed E-state index contributed by atoms with van der Waals surface area (Å²) in [7, 11) is 0. The van der Waals surface area contributed by atoms with Crippen LogP contribution in [0.4, 0.5) is 5.69 Å². The highest BCUT2D eigenvalue weighted by Crippen LogP contribution is 2.30. The number of benzene rings is 1. The first-order valence-corrected chi connectivity index (χ1v) is 9.50. The van der Waals surface area contributed by atoms with E-state index in [1.807, 2.05) is 12.1 Å². The van der Waals surface area contributed by atoms with Crippen LogP contribution in [-0.2, 0) is 5.41 Å². The van der Waals surface area contributed by atoms with Crippen molar-refractivity contribution < 1.29 is 15.3 Å². The Morgan fingerprint density at radius 3 is 2.54 bits per heavy atom. The number of hydrogen-bond donors (Lipinski definition) is 5. The van der Waals surface area contributed by atoms with Crippen molar-refractivity contribution in [2.24, 2.45) is 4.99 Å². The van der Waals surface area contributed by atoms with E-state index in [-0.39, 0.29) is 24.3 Å². The molecule has 0 heterocycles. The van der Waals surface area contributed by atoms with Gasteiger partial charge >= 0.3 is 0 Å². The Morgan fingerprint density at radius 2 is 1.92 bits per heavy atom. The Kier molecular flexibility index (Phi) is 7.29. The summed E-state index contributed by atoms with van der Waals surface area (Å²) >= 11 is 0. The number of phenols is 1. The van der Waals surface area contributed by atoms with Gasteiger partial charge in [-0.1, -0.05) is 46.1 Å². The van der Waals surface area contributed by atoms with Crippen LogP contribution in [0.25, 0.3) is 0 Å². The van der Waals surface area contributed by atoms with Crippen LogP contribution in [0.3, 0.4) is 0 Å². The number of rotatable bonds is 5. The van der Waals surface area contributed by atoms with Crippen LogP contribution >= 0.6 is 0 Å². The molecule has 0 radical (unpaired) electrons. The fraction of sp³-hybridized carbons (Fsp3) is 0.650. The topological polar surface area (TPSA) is 97.1 Å². The number of hydrogen-bond acceptors (Lipinski definition) is 4. The van der Waals surface area contributed by atoms with Gasteiger partial charge in [0.1, 0.15) is 5.75 Å². The van der Waals surface area contributed by atoms with E-state index in [2.05, 4.69) is 36.4 Å². The summed E-state index contributed by atoms with van der Waals surface area (Å²) in [5.74, 6) is 0.671. The van der Waals surface area contributed by atoms with Crippen molar-refractivity contribution in [1.29, 1.82) is 0 Å². The Hall–Kier alpha value is -1.79. The molecule has 0 spiro atoms. The number of aliphatic hydroxyl groups is 2. The number of aliphatic hydroxyl groups excluding tert-OH is 2. The second kappa shape index (κ2) is 9.24. The van der Waals surface area contributed by atoms with Crippen molar-refractivity contribution >= 4 is 11.6 Å². The second-order valence-corrected chi connectivity index (χ2v) is 8.11. The number of nitrogens with one attached hydrogen (secondary N) is 2. The van der Waals surface area contributed by atoms with Gasteiger partial charge in [-0.15, -0.1) is 0 Å². The minimum Gasteiger partial charge on any atom is -0.506 e. The van der Waals surface area contributed by atoms with Crippen molar-refractivity contribution in [2.75, 3.05) is 18.5 Å². The van der Waals surface area contributed by atoms with Crippen molar-refractivity contribution in [3.8, 4) is 5.75 Å². The largest absolute Gasteiger partial charge is 0.506 e. The summed E-state index contributed by atoms with van der Waals surface area (Å²) < 4.78 is 0. The van der Waals surface area contributed by atoms with Crippen LogP contribution in [0.2, 0.25) is 0 Å². The average Bonchev–Trinajstić information content (AvgIpc) is 2.61. The smallest absolute Gasteiger partial charge is 0.196 e. The monoisotopic (exact) mass is 363 g/mol. The standard InChI is InChI=1S/C20H33N3O3/c1-20(2,3)14-9-10-18(26)17(11-14)23-19(21-12-16(25)13-24)22-15-7-5-4-6-8-15/h9-11,15-16,24-26H,4-8,12-13H2,1-3H3,(H2,21,22,23). The fourth-order valence-corrected chi connectivity index (χ4v) is 3.05. The van der Waals surface area contributed by atoms with E-state index in [4.69, 9.17) is 5.11 Å². The zero-order chi connectivity index (χ0) is 19.2. The summed E-state index contributed by atoms with van der Waals surface area (Å²) in [4.78, 5) is 4.39. The molecule has 26 heavy (non-hydrogen) atoms. The van der Waals surface area contributed by atoms with E-state index in [0.717, 1.165) is 18.4 Å². The van der Waals surface area contributed by atoms with Gasteiger partial charge in [-0.3, -0.25) is 4.99 Å². The number of nitrogens with zero attached hydrogens (tertiary/aromatic N) is 1. The third-order valence-corrected chi connectivity index (χ3v) is 4.73. The molecular formula is C20H33N3O3. The van der Waals surface area contributed by atoms with Gasteiger partial charge in [0.15, 0.2) is 5.96 Å². The molecule has 1 fully saturated rings. The quantitative estimate of drug-likeness (QED) is 0.315. The third-order valence-electron chi connectivity index (χ3n) is 4.73. The molecule has 2 rings (SSSR count). The van der Waals surface area contributed by atoms with E-state index in [1.54, 1.807) is 6.07 Å². The van der Waals surface area contributed by atoms with Gasteiger partial charge in [0.25, 0.3) is 0 Å². The van der Waals surface area contributed by atoms with Crippen LogP contribution < -0.4 is 10.6 Å². The molecule has 1 aliphatic rings. The highest BCUT2D eigenvalue weighted by molar-refractivity contribution is 5.95. The van der Waals surface area contributed by atoms with Gasteiger partial charge in [-0.2, -0.15) is 0 Å². The molecular weight excluding hydrogens is 330 g/mol.